The number of aryl methyl sites for hydroxylation is 2. The first kappa shape index (κ1) is 24.7. The molecule has 1 aromatic carbocycles. The van der Waals surface area contributed by atoms with E-state index in [9.17, 15) is 4.79 Å². The predicted octanol–water partition coefficient (Wildman–Crippen LogP) is 4.30. The summed E-state index contributed by atoms with van der Waals surface area (Å²) < 4.78 is 6.06. The molecule has 0 saturated carbocycles. The lowest BCUT2D eigenvalue weighted by atomic mass is 9.92. The van der Waals surface area contributed by atoms with Gasteiger partial charge in [-0.05, 0) is 94.6 Å². The molecule has 2 aliphatic heterocycles. The van der Waals surface area contributed by atoms with Crippen molar-refractivity contribution in [2.45, 2.75) is 58.4 Å². The number of hydrogen-bond acceptors (Lipinski definition) is 6. The summed E-state index contributed by atoms with van der Waals surface area (Å²) in [7, 11) is 0. The molecule has 0 unspecified atom stereocenters. The van der Waals surface area contributed by atoms with Crippen LogP contribution in [-0.2, 0) is 0 Å². The zero-order valence-electron chi connectivity index (χ0n) is 20.3. The summed E-state index contributed by atoms with van der Waals surface area (Å²) in [6.45, 7) is 8.57. The molecule has 0 spiro atoms. The minimum atomic E-state index is 0.0313. The molecule has 2 aromatic rings. The number of carbonyl (C=O) groups is 1. The lowest BCUT2D eigenvalue weighted by Gasteiger charge is -2.32. The van der Waals surface area contributed by atoms with Gasteiger partial charge in [0.1, 0.15) is 5.75 Å². The highest BCUT2D eigenvalue weighted by Crippen LogP contribution is 2.26. The third kappa shape index (κ3) is 6.60. The Hall–Kier alpha value is -2.38. The monoisotopic (exact) mass is 485 g/mol. The lowest BCUT2D eigenvalue weighted by molar-refractivity contribution is 0.0928. The first-order valence-electron chi connectivity index (χ1n) is 12.5. The molecular weight excluding hydrogens is 450 g/mol. The normalized spacial score (nSPS) is 17.6. The van der Waals surface area contributed by atoms with E-state index >= 15 is 0 Å². The van der Waals surface area contributed by atoms with E-state index in [-0.39, 0.29) is 11.9 Å². The van der Waals surface area contributed by atoms with Crippen LogP contribution in [0.15, 0.2) is 24.5 Å². The van der Waals surface area contributed by atoms with Crippen molar-refractivity contribution in [1.29, 1.82) is 0 Å². The van der Waals surface area contributed by atoms with E-state index in [0.29, 0.717) is 17.5 Å². The van der Waals surface area contributed by atoms with Crippen LogP contribution in [0.4, 0.5) is 5.95 Å². The van der Waals surface area contributed by atoms with Gasteiger partial charge in [-0.1, -0.05) is 11.6 Å². The topological polar surface area (TPSA) is 79.4 Å². The summed E-state index contributed by atoms with van der Waals surface area (Å²) in [6.07, 6.45) is 9.75. The Morgan fingerprint density at radius 3 is 2.41 bits per heavy atom. The lowest BCUT2D eigenvalue weighted by Crippen LogP contribution is -2.43. The SMILES string of the molecule is Cc1cc(OCCCC2CCN(c3ncc(Cl)cn3)CC2)cc(C)c1C(=O)NC1CCNCC1. The van der Waals surface area contributed by atoms with E-state index in [1.54, 1.807) is 12.4 Å². The Labute approximate surface area is 207 Å². The number of anilines is 1. The summed E-state index contributed by atoms with van der Waals surface area (Å²) in [5, 5.41) is 7.11. The van der Waals surface area contributed by atoms with Crippen LogP contribution in [0.5, 0.6) is 5.75 Å². The van der Waals surface area contributed by atoms with E-state index in [2.05, 4.69) is 25.5 Å². The third-order valence-electron chi connectivity index (χ3n) is 6.94. The van der Waals surface area contributed by atoms with Gasteiger partial charge in [0.05, 0.1) is 24.0 Å². The highest BCUT2D eigenvalue weighted by atomic mass is 35.5. The van der Waals surface area contributed by atoms with Crippen molar-refractivity contribution in [2.75, 3.05) is 37.7 Å². The van der Waals surface area contributed by atoms with Gasteiger partial charge in [-0.2, -0.15) is 0 Å². The van der Waals surface area contributed by atoms with Gasteiger partial charge in [0.15, 0.2) is 0 Å². The number of ether oxygens (including phenoxy) is 1. The number of carbonyl (C=O) groups excluding carboxylic acids is 1. The number of nitrogens with zero attached hydrogens (tertiary/aromatic N) is 3. The molecule has 184 valence electrons. The number of nitrogens with one attached hydrogen (secondary N) is 2. The molecule has 0 aliphatic carbocycles. The summed E-state index contributed by atoms with van der Waals surface area (Å²) in [4.78, 5) is 23.7. The quantitative estimate of drug-likeness (QED) is 0.542. The average molecular weight is 486 g/mol. The molecule has 2 fully saturated rings. The van der Waals surface area contributed by atoms with Gasteiger partial charge in [0.25, 0.3) is 5.91 Å². The molecule has 1 aromatic heterocycles. The third-order valence-corrected chi connectivity index (χ3v) is 7.13. The Kier molecular flexibility index (Phi) is 8.62. The van der Waals surface area contributed by atoms with E-state index in [4.69, 9.17) is 16.3 Å². The number of halogens is 1. The molecule has 0 atom stereocenters. The Balaban J connectivity index is 1.20. The molecule has 2 saturated heterocycles. The fourth-order valence-electron chi connectivity index (χ4n) is 5.04. The van der Waals surface area contributed by atoms with Crippen LogP contribution in [0.25, 0.3) is 0 Å². The fraction of sp³-hybridized carbons (Fsp3) is 0.577. The Morgan fingerprint density at radius 1 is 1.12 bits per heavy atom. The van der Waals surface area contributed by atoms with E-state index in [1.165, 1.54) is 0 Å². The van der Waals surface area contributed by atoms with Gasteiger partial charge in [-0.3, -0.25) is 4.79 Å². The van der Waals surface area contributed by atoms with Gasteiger partial charge in [-0.15, -0.1) is 0 Å². The number of benzene rings is 1. The van der Waals surface area contributed by atoms with Crippen LogP contribution in [0.3, 0.4) is 0 Å². The van der Waals surface area contributed by atoms with Crippen molar-refractivity contribution in [3.05, 3.63) is 46.2 Å². The largest absolute Gasteiger partial charge is 0.494 e. The van der Waals surface area contributed by atoms with Crippen LogP contribution in [-0.4, -0.2) is 54.7 Å². The average Bonchev–Trinajstić information content (AvgIpc) is 2.83. The molecule has 0 bridgehead atoms. The maximum atomic E-state index is 12.8. The second kappa shape index (κ2) is 11.8. The van der Waals surface area contributed by atoms with Gasteiger partial charge >= 0.3 is 0 Å². The number of rotatable bonds is 8. The van der Waals surface area contributed by atoms with Crippen LogP contribution >= 0.6 is 11.6 Å². The summed E-state index contributed by atoms with van der Waals surface area (Å²) >= 11 is 5.89. The van der Waals surface area contributed by atoms with Crippen LogP contribution in [0, 0.1) is 19.8 Å². The molecule has 8 heteroatoms. The predicted molar refractivity (Wildman–Crippen MR) is 136 cm³/mol. The number of aromatic nitrogens is 2. The maximum absolute atomic E-state index is 12.8. The number of amides is 1. The second-order valence-corrected chi connectivity index (χ2v) is 9.99. The summed E-state index contributed by atoms with van der Waals surface area (Å²) in [5.41, 5.74) is 2.72. The van der Waals surface area contributed by atoms with E-state index < -0.39 is 0 Å². The minimum absolute atomic E-state index is 0.0313. The van der Waals surface area contributed by atoms with Crippen LogP contribution < -0.4 is 20.3 Å². The van der Waals surface area contributed by atoms with E-state index in [0.717, 1.165) is 93.1 Å². The molecule has 34 heavy (non-hydrogen) atoms. The zero-order valence-corrected chi connectivity index (χ0v) is 21.0. The molecular formula is C26H36ClN5O2. The van der Waals surface area contributed by atoms with Crippen molar-refractivity contribution in [3.8, 4) is 5.75 Å². The molecule has 4 rings (SSSR count). The fourth-order valence-corrected chi connectivity index (χ4v) is 5.14. The van der Waals surface area contributed by atoms with Crippen LogP contribution in [0.2, 0.25) is 5.02 Å². The van der Waals surface area contributed by atoms with Gasteiger partial charge in [0, 0.05) is 24.7 Å². The summed E-state index contributed by atoms with van der Waals surface area (Å²) in [6, 6.07) is 4.25. The molecule has 7 nitrogen and oxygen atoms in total. The van der Waals surface area contributed by atoms with Gasteiger partial charge in [0.2, 0.25) is 5.95 Å². The maximum Gasteiger partial charge on any atom is 0.252 e. The zero-order chi connectivity index (χ0) is 23.9. The smallest absolute Gasteiger partial charge is 0.252 e. The van der Waals surface area contributed by atoms with Crippen molar-refractivity contribution < 1.29 is 9.53 Å². The number of piperidine rings is 2. The van der Waals surface area contributed by atoms with Gasteiger partial charge in [-0.25, -0.2) is 9.97 Å². The van der Waals surface area contributed by atoms with Crippen LogP contribution in [0.1, 0.15) is 60.0 Å². The van der Waals surface area contributed by atoms with Crippen molar-refractivity contribution in [2.24, 2.45) is 5.92 Å². The molecule has 2 N–H and O–H groups in total. The molecule has 2 aliphatic rings. The molecule has 3 heterocycles. The first-order chi connectivity index (χ1) is 16.5. The highest BCUT2D eigenvalue weighted by molar-refractivity contribution is 6.30. The Bertz CT molecular complexity index is 931. The van der Waals surface area contributed by atoms with Crippen molar-refractivity contribution in [3.63, 3.8) is 0 Å². The first-order valence-corrected chi connectivity index (χ1v) is 12.9. The molecule has 0 radical (unpaired) electrons. The minimum Gasteiger partial charge on any atom is -0.494 e. The Morgan fingerprint density at radius 2 is 1.76 bits per heavy atom. The van der Waals surface area contributed by atoms with Crippen molar-refractivity contribution >= 4 is 23.5 Å². The standard InChI is InChI=1S/C26H36ClN5O2/c1-18-14-23(15-19(2)24(18)25(33)31-22-5-9-28-10-6-22)34-13-3-4-20-7-11-32(12-8-20)26-29-16-21(27)17-30-26/h14-17,20,22,28H,3-13H2,1-2H3,(H,31,33). The number of hydrogen-bond donors (Lipinski definition) is 2. The van der Waals surface area contributed by atoms with Gasteiger partial charge < -0.3 is 20.3 Å². The summed E-state index contributed by atoms with van der Waals surface area (Å²) in [5.74, 6) is 2.35. The van der Waals surface area contributed by atoms with Crippen molar-refractivity contribution in [1.82, 2.24) is 20.6 Å². The molecule has 1 amide bonds. The van der Waals surface area contributed by atoms with E-state index in [1.807, 2.05) is 26.0 Å². The second-order valence-electron chi connectivity index (χ2n) is 9.55. The highest BCUT2D eigenvalue weighted by Gasteiger charge is 2.21.